The third kappa shape index (κ3) is 3.50. The van der Waals surface area contributed by atoms with E-state index in [-0.39, 0.29) is 19.4 Å². The molecule has 0 saturated carbocycles. The van der Waals surface area contributed by atoms with Gasteiger partial charge in [-0.15, -0.1) is 0 Å². The molecule has 0 spiro atoms. The molecule has 112 valence electrons. The molecular formula is C11H18F3NO4. The lowest BCUT2D eigenvalue weighted by atomic mass is 10.0. The average Bonchev–Trinajstić information content (AvgIpc) is 2.60. The van der Waals surface area contributed by atoms with Crippen LogP contribution in [0.4, 0.5) is 18.0 Å². The number of carbonyl (C=O) groups excluding carboxylic acids is 1. The maximum atomic E-state index is 12.6. The first-order chi connectivity index (χ1) is 8.36. The summed E-state index contributed by atoms with van der Waals surface area (Å²) in [5.74, 6) is -3.93. The van der Waals surface area contributed by atoms with Crippen molar-refractivity contribution in [1.29, 1.82) is 0 Å². The highest BCUT2D eigenvalue weighted by Gasteiger charge is 2.61. The van der Waals surface area contributed by atoms with E-state index in [0.29, 0.717) is 0 Å². The maximum absolute atomic E-state index is 12.6. The Balaban J connectivity index is 2.89. The fourth-order valence-corrected chi connectivity index (χ4v) is 1.91. The lowest BCUT2D eigenvalue weighted by molar-refractivity contribution is -0.364. The van der Waals surface area contributed by atoms with Crippen molar-refractivity contribution in [2.75, 3.05) is 6.54 Å². The number of carbonyl (C=O) groups is 1. The molecule has 0 aliphatic carbocycles. The Bertz CT molecular complexity index is 349. The maximum Gasteiger partial charge on any atom is 0.445 e. The van der Waals surface area contributed by atoms with E-state index < -0.39 is 29.7 Å². The Morgan fingerprint density at radius 3 is 2.21 bits per heavy atom. The molecule has 1 saturated heterocycles. The molecule has 1 atom stereocenters. The van der Waals surface area contributed by atoms with Gasteiger partial charge in [-0.1, -0.05) is 0 Å². The highest BCUT2D eigenvalue weighted by molar-refractivity contribution is 5.69. The number of hydrogen-bond acceptors (Lipinski definition) is 4. The summed E-state index contributed by atoms with van der Waals surface area (Å²) >= 11 is 0. The largest absolute Gasteiger partial charge is 0.445 e. The van der Waals surface area contributed by atoms with E-state index in [2.05, 4.69) is 0 Å². The minimum atomic E-state index is -5.23. The summed E-state index contributed by atoms with van der Waals surface area (Å²) in [6.45, 7) is 4.72. The quantitative estimate of drug-likeness (QED) is 0.718. The Labute approximate surface area is 109 Å². The monoisotopic (exact) mass is 285 g/mol. The van der Waals surface area contributed by atoms with Gasteiger partial charge in [0, 0.05) is 6.54 Å². The molecule has 0 radical (unpaired) electrons. The zero-order valence-corrected chi connectivity index (χ0v) is 11.0. The number of amides is 1. The Morgan fingerprint density at radius 2 is 1.79 bits per heavy atom. The molecule has 1 aliphatic rings. The van der Waals surface area contributed by atoms with Crippen molar-refractivity contribution in [3.63, 3.8) is 0 Å². The van der Waals surface area contributed by atoms with E-state index in [4.69, 9.17) is 4.74 Å². The lowest BCUT2D eigenvalue weighted by Crippen LogP contribution is -2.60. The third-order valence-corrected chi connectivity index (χ3v) is 2.76. The van der Waals surface area contributed by atoms with Gasteiger partial charge in [-0.05, 0) is 33.6 Å². The van der Waals surface area contributed by atoms with Crippen molar-refractivity contribution in [2.24, 2.45) is 0 Å². The van der Waals surface area contributed by atoms with E-state index in [9.17, 15) is 28.2 Å². The van der Waals surface area contributed by atoms with E-state index in [1.54, 1.807) is 20.8 Å². The van der Waals surface area contributed by atoms with Gasteiger partial charge in [0.05, 0.1) is 6.04 Å². The SMILES string of the molecule is CC(C)(C)OC(=O)N1CCC[C@H]1C(O)(O)C(F)(F)F. The van der Waals surface area contributed by atoms with Crippen LogP contribution in [0.1, 0.15) is 33.6 Å². The van der Waals surface area contributed by atoms with Gasteiger partial charge < -0.3 is 14.9 Å². The highest BCUT2D eigenvalue weighted by atomic mass is 19.4. The second kappa shape index (κ2) is 4.82. The van der Waals surface area contributed by atoms with Gasteiger partial charge in [0.25, 0.3) is 5.79 Å². The van der Waals surface area contributed by atoms with Crippen molar-refractivity contribution in [3.05, 3.63) is 0 Å². The third-order valence-electron chi connectivity index (χ3n) is 2.76. The first kappa shape index (κ1) is 16.0. The van der Waals surface area contributed by atoms with Crippen molar-refractivity contribution >= 4 is 6.09 Å². The summed E-state index contributed by atoms with van der Waals surface area (Å²) in [4.78, 5) is 12.5. The summed E-state index contributed by atoms with van der Waals surface area (Å²) in [6.07, 6.45) is -6.11. The van der Waals surface area contributed by atoms with Crippen molar-refractivity contribution in [2.45, 2.75) is 57.2 Å². The molecule has 5 nitrogen and oxygen atoms in total. The molecule has 0 aromatic heterocycles. The molecule has 1 heterocycles. The molecule has 19 heavy (non-hydrogen) atoms. The fourth-order valence-electron chi connectivity index (χ4n) is 1.91. The predicted molar refractivity (Wildman–Crippen MR) is 59.2 cm³/mol. The number of hydrogen-bond donors (Lipinski definition) is 2. The summed E-state index contributed by atoms with van der Waals surface area (Å²) in [6, 6.07) is -1.75. The first-order valence-corrected chi connectivity index (χ1v) is 5.87. The van der Waals surface area contributed by atoms with E-state index in [1.807, 2.05) is 0 Å². The lowest BCUT2D eigenvalue weighted by Gasteiger charge is -2.36. The predicted octanol–water partition coefficient (Wildman–Crippen LogP) is 1.63. The summed E-state index contributed by atoms with van der Waals surface area (Å²) < 4.78 is 42.7. The van der Waals surface area contributed by atoms with Crippen LogP contribution in [0.2, 0.25) is 0 Å². The molecule has 1 rings (SSSR count). The molecular weight excluding hydrogens is 267 g/mol. The number of ether oxygens (including phenoxy) is 1. The van der Waals surface area contributed by atoms with Crippen molar-refractivity contribution < 1.29 is 32.9 Å². The van der Waals surface area contributed by atoms with Crippen molar-refractivity contribution in [3.8, 4) is 0 Å². The number of rotatable bonds is 1. The molecule has 2 N–H and O–H groups in total. The van der Waals surface area contributed by atoms with Gasteiger partial charge >= 0.3 is 12.3 Å². The average molecular weight is 285 g/mol. The number of aliphatic hydroxyl groups is 2. The van der Waals surface area contributed by atoms with Crippen LogP contribution >= 0.6 is 0 Å². The Kier molecular flexibility index (Phi) is 4.07. The van der Waals surface area contributed by atoms with Gasteiger partial charge in [0.2, 0.25) is 0 Å². The smallest absolute Gasteiger partial charge is 0.444 e. The topological polar surface area (TPSA) is 70.0 Å². The minimum absolute atomic E-state index is 0.00146. The van der Waals surface area contributed by atoms with Gasteiger partial charge in [-0.3, -0.25) is 4.90 Å². The van der Waals surface area contributed by atoms with Gasteiger partial charge in [0.1, 0.15) is 5.60 Å². The standard InChI is InChI=1S/C11H18F3NO4/c1-9(2,3)19-8(16)15-6-4-5-7(15)10(17,18)11(12,13)14/h7,17-18H,4-6H2,1-3H3/t7-/m0/s1. The van der Waals surface area contributed by atoms with Crippen LogP contribution in [-0.4, -0.2) is 51.4 Å². The van der Waals surface area contributed by atoms with E-state index >= 15 is 0 Å². The fraction of sp³-hybridized carbons (Fsp3) is 0.909. The second-order valence-corrected chi connectivity index (χ2v) is 5.56. The first-order valence-electron chi connectivity index (χ1n) is 5.87. The Morgan fingerprint density at radius 1 is 1.26 bits per heavy atom. The molecule has 0 unspecified atom stereocenters. The normalized spacial score (nSPS) is 21.7. The molecule has 0 aromatic rings. The zero-order valence-electron chi connectivity index (χ0n) is 11.0. The zero-order chi connectivity index (χ0) is 15.1. The molecule has 8 heteroatoms. The van der Waals surface area contributed by atoms with Crippen LogP contribution in [0.5, 0.6) is 0 Å². The van der Waals surface area contributed by atoms with E-state index in [0.717, 1.165) is 4.90 Å². The van der Waals surface area contributed by atoms with Gasteiger partial charge in [-0.2, -0.15) is 13.2 Å². The summed E-state index contributed by atoms with van der Waals surface area (Å²) in [5.41, 5.74) is -0.865. The number of nitrogens with zero attached hydrogens (tertiary/aromatic N) is 1. The molecule has 1 aliphatic heterocycles. The second-order valence-electron chi connectivity index (χ2n) is 5.56. The van der Waals surface area contributed by atoms with Crippen LogP contribution in [0.25, 0.3) is 0 Å². The summed E-state index contributed by atoms with van der Waals surface area (Å²) in [7, 11) is 0. The molecule has 0 bridgehead atoms. The number of likely N-dealkylation sites (tertiary alicyclic amines) is 1. The molecule has 1 fully saturated rings. The van der Waals surface area contributed by atoms with Crippen molar-refractivity contribution in [1.82, 2.24) is 4.90 Å². The van der Waals surface area contributed by atoms with Crippen LogP contribution in [-0.2, 0) is 4.74 Å². The molecule has 1 amide bonds. The van der Waals surface area contributed by atoms with Gasteiger partial charge in [-0.25, -0.2) is 4.79 Å². The highest BCUT2D eigenvalue weighted by Crippen LogP contribution is 2.37. The van der Waals surface area contributed by atoms with Crippen LogP contribution in [0.3, 0.4) is 0 Å². The Hall–Kier alpha value is -1.02. The summed E-state index contributed by atoms with van der Waals surface area (Å²) in [5, 5.41) is 18.5. The molecule has 0 aromatic carbocycles. The van der Waals surface area contributed by atoms with Gasteiger partial charge in [0.15, 0.2) is 0 Å². The number of halogens is 3. The van der Waals surface area contributed by atoms with Crippen LogP contribution < -0.4 is 0 Å². The van der Waals surface area contributed by atoms with Crippen LogP contribution in [0.15, 0.2) is 0 Å². The van der Waals surface area contributed by atoms with E-state index in [1.165, 1.54) is 0 Å². The van der Waals surface area contributed by atoms with Crippen LogP contribution in [0, 0.1) is 0 Å². The number of alkyl halides is 3. The minimum Gasteiger partial charge on any atom is -0.444 e.